The molecule has 1 amide bonds. The zero-order valence-corrected chi connectivity index (χ0v) is 13.9. The van der Waals surface area contributed by atoms with Crippen molar-refractivity contribution in [1.29, 1.82) is 0 Å². The second-order valence-electron chi connectivity index (χ2n) is 5.53. The first kappa shape index (κ1) is 16.1. The Morgan fingerprint density at radius 1 is 1.17 bits per heavy atom. The lowest BCUT2D eigenvalue weighted by atomic mass is 10.2. The standard InChI is InChI=1S/C15H16Cl2N4O2/c16-10-6-11(17)8-12(7-10)18-14(22)9-21-15(23)20-5-3-1-2-4-13(20)19-21/h6-8H,1-5,9H2,(H,18,22). The normalized spacial score (nSPS) is 14.2. The molecule has 1 aliphatic heterocycles. The summed E-state index contributed by atoms with van der Waals surface area (Å²) in [5.74, 6) is 0.407. The third-order valence-electron chi connectivity index (χ3n) is 3.72. The van der Waals surface area contributed by atoms with Crippen molar-refractivity contribution < 1.29 is 4.79 Å². The molecule has 0 atom stereocenters. The predicted molar refractivity (Wildman–Crippen MR) is 89.1 cm³/mol. The highest BCUT2D eigenvalue weighted by Gasteiger charge is 2.17. The molecule has 0 radical (unpaired) electrons. The number of anilines is 1. The molecule has 1 N–H and O–H groups in total. The fourth-order valence-corrected chi connectivity index (χ4v) is 3.22. The van der Waals surface area contributed by atoms with E-state index in [4.69, 9.17) is 23.2 Å². The Bertz CT molecular complexity index is 777. The maximum atomic E-state index is 12.3. The van der Waals surface area contributed by atoms with Crippen LogP contribution in [0.15, 0.2) is 23.0 Å². The van der Waals surface area contributed by atoms with E-state index in [1.807, 2.05) is 0 Å². The van der Waals surface area contributed by atoms with Gasteiger partial charge in [-0.1, -0.05) is 29.6 Å². The average Bonchev–Trinajstić information content (AvgIpc) is 2.63. The summed E-state index contributed by atoms with van der Waals surface area (Å²) in [6.07, 6.45) is 3.85. The van der Waals surface area contributed by atoms with E-state index in [1.165, 1.54) is 4.68 Å². The zero-order chi connectivity index (χ0) is 16.4. The Balaban J connectivity index is 1.74. The molecule has 6 nitrogen and oxygen atoms in total. The van der Waals surface area contributed by atoms with Gasteiger partial charge in [-0.25, -0.2) is 9.48 Å². The Kier molecular flexibility index (Phi) is 4.73. The molecule has 0 saturated heterocycles. The van der Waals surface area contributed by atoms with Crippen molar-refractivity contribution in [3.8, 4) is 0 Å². The van der Waals surface area contributed by atoms with Crippen LogP contribution in [0.25, 0.3) is 0 Å². The SMILES string of the molecule is O=C(Cn1nc2n(c1=O)CCCCC2)Nc1cc(Cl)cc(Cl)c1. The molecule has 2 aromatic rings. The van der Waals surface area contributed by atoms with Gasteiger partial charge in [-0.05, 0) is 31.0 Å². The number of benzene rings is 1. The average molecular weight is 355 g/mol. The van der Waals surface area contributed by atoms with Gasteiger partial charge in [0.1, 0.15) is 12.4 Å². The lowest BCUT2D eigenvalue weighted by Gasteiger charge is -2.06. The number of halogens is 2. The molecule has 0 spiro atoms. The fraction of sp³-hybridized carbons (Fsp3) is 0.400. The summed E-state index contributed by atoms with van der Waals surface area (Å²) >= 11 is 11.8. The van der Waals surface area contributed by atoms with E-state index in [0.29, 0.717) is 22.3 Å². The molecule has 0 saturated carbocycles. The predicted octanol–water partition coefficient (Wildman–Crippen LogP) is 2.72. The third-order valence-corrected chi connectivity index (χ3v) is 4.16. The molecule has 1 aliphatic rings. The van der Waals surface area contributed by atoms with Crippen molar-refractivity contribution >= 4 is 34.8 Å². The minimum atomic E-state index is -0.348. The first-order valence-electron chi connectivity index (χ1n) is 7.45. The van der Waals surface area contributed by atoms with E-state index >= 15 is 0 Å². The highest BCUT2D eigenvalue weighted by Crippen LogP contribution is 2.22. The van der Waals surface area contributed by atoms with E-state index in [2.05, 4.69) is 10.4 Å². The number of fused-ring (bicyclic) bond motifs is 1. The minimum Gasteiger partial charge on any atom is -0.324 e. The number of aromatic nitrogens is 3. The van der Waals surface area contributed by atoms with Crippen LogP contribution >= 0.6 is 23.2 Å². The zero-order valence-electron chi connectivity index (χ0n) is 12.4. The smallest absolute Gasteiger partial charge is 0.324 e. The van der Waals surface area contributed by atoms with E-state index in [-0.39, 0.29) is 18.1 Å². The molecule has 1 aromatic heterocycles. The molecule has 0 bridgehead atoms. The van der Waals surface area contributed by atoms with Gasteiger partial charge in [0, 0.05) is 28.7 Å². The van der Waals surface area contributed by atoms with Crippen molar-refractivity contribution in [3.05, 3.63) is 44.6 Å². The lowest BCUT2D eigenvalue weighted by molar-refractivity contribution is -0.117. The molecule has 122 valence electrons. The molecule has 0 unspecified atom stereocenters. The van der Waals surface area contributed by atoms with Gasteiger partial charge in [-0.3, -0.25) is 9.36 Å². The van der Waals surface area contributed by atoms with E-state index in [1.54, 1.807) is 22.8 Å². The summed E-state index contributed by atoms with van der Waals surface area (Å²) in [5.41, 5.74) is 0.252. The van der Waals surface area contributed by atoms with Gasteiger partial charge in [0.15, 0.2) is 0 Å². The van der Waals surface area contributed by atoms with Gasteiger partial charge < -0.3 is 5.32 Å². The van der Waals surface area contributed by atoms with E-state index in [0.717, 1.165) is 31.5 Å². The fourth-order valence-electron chi connectivity index (χ4n) is 2.69. The maximum Gasteiger partial charge on any atom is 0.346 e. The van der Waals surface area contributed by atoms with Crippen LogP contribution in [0, 0.1) is 0 Å². The van der Waals surface area contributed by atoms with Gasteiger partial charge in [-0.2, -0.15) is 5.10 Å². The maximum absolute atomic E-state index is 12.3. The Hall–Kier alpha value is -1.79. The summed E-state index contributed by atoms with van der Waals surface area (Å²) in [6, 6.07) is 4.77. The summed E-state index contributed by atoms with van der Waals surface area (Å²) in [4.78, 5) is 24.4. The number of aryl methyl sites for hydroxylation is 1. The Labute approximate surface area is 143 Å². The van der Waals surface area contributed by atoms with Crippen molar-refractivity contribution in [1.82, 2.24) is 14.3 Å². The molecule has 0 fully saturated rings. The number of rotatable bonds is 3. The number of nitrogens with zero attached hydrogens (tertiary/aromatic N) is 3. The van der Waals surface area contributed by atoms with Crippen LogP contribution in [0.2, 0.25) is 10.0 Å². The van der Waals surface area contributed by atoms with Crippen molar-refractivity contribution in [2.75, 3.05) is 5.32 Å². The second-order valence-corrected chi connectivity index (χ2v) is 6.40. The van der Waals surface area contributed by atoms with Gasteiger partial charge >= 0.3 is 5.69 Å². The summed E-state index contributed by atoms with van der Waals surface area (Å²) < 4.78 is 2.87. The van der Waals surface area contributed by atoms with Crippen molar-refractivity contribution in [2.24, 2.45) is 0 Å². The number of nitrogens with one attached hydrogen (secondary N) is 1. The summed E-state index contributed by atoms with van der Waals surface area (Å²) in [5, 5.41) is 7.82. The molecule has 8 heteroatoms. The number of carbonyl (C=O) groups is 1. The largest absolute Gasteiger partial charge is 0.346 e. The highest BCUT2D eigenvalue weighted by molar-refractivity contribution is 6.35. The Morgan fingerprint density at radius 3 is 2.65 bits per heavy atom. The topological polar surface area (TPSA) is 68.9 Å². The van der Waals surface area contributed by atoms with Crippen molar-refractivity contribution in [3.63, 3.8) is 0 Å². The van der Waals surface area contributed by atoms with Gasteiger partial charge in [0.2, 0.25) is 5.91 Å². The molecule has 3 rings (SSSR count). The molecule has 0 aliphatic carbocycles. The number of hydrogen-bond acceptors (Lipinski definition) is 3. The van der Waals surface area contributed by atoms with Crippen LogP contribution in [-0.4, -0.2) is 20.3 Å². The van der Waals surface area contributed by atoms with Crippen LogP contribution in [0.3, 0.4) is 0 Å². The van der Waals surface area contributed by atoms with E-state index < -0.39 is 0 Å². The van der Waals surface area contributed by atoms with Crippen LogP contribution in [-0.2, 0) is 24.3 Å². The Morgan fingerprint density at radius 2 is 1.91 bits per heavy atom. The van der Waals surface area contributed by atoms with Gasteiger partial charge in [0.05, 0.1) is 0 Å². The van der Waals surface area contributed by atoms with Crippen LogP contribution in [0.5, 0.6) is 0 Å². The van der Waals surface area contributed by atoms with E-state index in [9.17, 15) is 9.59 Å². The van der Waals surface area contributed by atoms with Crippen molar-refractivity contribution in [2.45, 2.75) is 38.8 Å². The number of hydrogen-bond donors (Lipinski definition) is 1. The molecule has 1 aromatic carbocycles. The summed E-state index contributed by atoms with van der Waals surface area (Å²) in [7, 11) is 0. The number of carbonyl (C=O) groups excluding carboxylic acids is 1. The highest BCUT2D eigenvalue weighted by atomic mass is 35.5. The first-order valence-corrected chi connectivity index (χ1v) is 8.21. The van der Waals surface area contributed by atoms with Gasteiger partial charge in [0.25, 0.3) is 0 Å². The third kappa shape index (κ3) is 3.76. The molecular formula is C15H16Cl2N4O2. The van der Waals surface area contributed by atoms with Crippen LogP contribution < -0.4 is 11.0 Å². The van der Waals surface area contributed by atoms with Crippen LogP contribution in [0.4, 0.5) is 5.69 Å². The summed E-state index contributed by atoms with van der Waals surface area (Å²) in [6.45, 7) is 0.530. The quantitative estimate of drug-likeness (QED) is 0.921. The number of amides is 1. The molecule has 23 heavy (non-hydrogen) atoms. The second kappa shape index (κ2) is 6.76. The first-order chi connectivity index (χ1) is 11.0. The van der Waals surface area contributed by atoms with Gasteiger partial charge in [-0.15, -0.1) is 0 Å². The minimum absolute atomic E-state index is 0.136. The van der Waals surface area contributed by atoms with Crippen LogP contribution in [0.1, 0.15) is 25.1 Å². The molecule has 2 heterocycles. The monoisotopic (exact) mass is 354 g/mol. The lowest BCUT2D eigenvalue weighted by Crippen LogP contribution is -2.30. The molecular weight excluding hydrogens is 339 g/mol.